The normalized spacial score (nSPS) is 17.1. The molecule has 70 valence electrons. The number of halogens is 2. The Morgan fingerprint density at radius 2 is 2.38 bits per heavy atom. The highest BCUT2D eigenvalue weighted by atomic mass is 79.9. The summed E-state index contributed by atoms with van der Waals surface area (Å²) >= 11 is 9.12. The molecule has 1 aromatic rings. The van der Waals surface area contributed by atoms with Gasteiger partial charge in [-0.3, -0.25) is 9.13 Å². The molecular weight excluding hydrogens is 274 g/mol. The number of nitrogens with zero attached hydrogens (tertiary/aromatic N) is 2. The summed E-state index contributed by atoms with van der Waals surface area (Å²) in [6.45, 7) is 0. The van der Waals surface area contributed by atoms with Crippen LogP contribution in [0, 0.1) is 0 Å². The van der Waals surface area contributed by atoms with Crippen LogP contribution in [0.4, 0.5) is 0 Å². The van der Waals surface area contributed by atoms with E-state index in [9.17, 15) is 4.79 Å². The van der Waals surface area contributed by atoms with Crippen molar-refractivity contribution in [2.75, 3.05) is 0 Å². The van der Waals surface area contributed by atoms with E-state index in [1.54, 1.807) is 4.34 Å². The van der Waals surface area contributed by atoms with E-state index in [0.29, 0.717) is 24.1 Å². The van der Waals surface area contributed by atoms with Crippen LogP contribution < -0.4 is 5.56 Å². The van der Waals surface area contributed by atoms with E-state index in [1.165, 1.54) is 19.0 Å². The number of hydrogen-bond donors (Lipinski definition) is 0. The van der Waals surface area contributed by atoms with Gasteiger partial charge in [0.15, 0.2) is 0 Å². The topological polar surface area (TPSA) is 34.9 Å². The van der Waals surface area contributed by atoms with Crippen molar-refractivity contribution in [1.82, 2.24) is 9.32 Å². The maximum Gasteiger partial charge on any atom is 0.273 e. The van der Waals surface area contributed by atoms with Crippen LogP contribution in [-0.2, 0) is 0 Å². The molecule has 0 N–H and O–H groups in total. The minimum absolute atomic E-state index is 0.113. The number of hydrogen-bond acceptors (Lipinski definition) is 2. The third kappa shape index (κ3) is 2.12. The highest BCUT2D eigenvalue weighted by Crippen LogP contribution is 2.41. The molecule has 1 atom stereocenters. The van der Waals surface area contributed by atoms with E-state index >= 15 is 0 Å². The molecule has 6 heteroatoms. The Morgan fingerprint density at radius 3 is 3.00 bits per heavy atom. The van der Waals surface area contributed by atoms with E-state index < -0.39 is 0 Å². The Morgan fingerprint density at radius 1 is 1.69 bits per heavy atom. The third-order valence-electron chi connectivity index (χ3n) is 1.76. The Bertz CT molecular complexity index is 391. The molecule has 1 saturated carbocycles. The molecule has 1 aliphatic rings. The van der Waals surface area contributed by atoms with Gasteiger partial charge in [-0.1, -0.05) is 11.6 Å². The lowest BCUT2D eigenvalue weighted by Gasteiger charge is -2.06. The van der Waals surface area contributed by atoms with Crippen molar-refractivity contribution >= 4 is 36.3 Å². The van der Waals surface area contributed by atoms with Gasteiger partial charge in [0.05, 0.1) is 6.20 Å². The maximum absolute atomic E-state index is 11.4. The van der Waals surface area contributed by atoms with Gasteiger partial charge in [-0.15, -0.1) is 0 Å². The summed E-state index contributed by atoms with van der Waals surface area (Å²) in [6, 6.07) is 0. The van der Waals surface area contributed by atoms with Crippen LogP contribution >= 0.6 is 36.3 Å². The van der Waals surface area contributed by atoms with Crippen LogP contribution in [0.2, 0.25) is 5.15 Å². The van der Waals surface area contributed by atoms with E-state index in [0.717, 1.165) is 0 Å². The second-order valence-corrected chi connectivity index (χ2v) is 5.55. The van der Waals surface area contributed by atoms with Crippen molar-refractivity contribution in [2.24, 2.45) is 0 Å². The lowest BCUT2D eigenvalue weighted by molar-refractivity contribution is 1.04. The zero-order chi connectivity index (χ0) is 9.42. The molecule has 0 aromatic carbocycles. The Labute approximate surface area is 90.5 Å². The van der Waals surface area contributed by atoms with Crippen LogP contribution in [0.5, 0.6) is 0 Å². The van der Waals surface area contributed by atoms with E-state index in [2.05, 4.69) is 20.9 Å². The van der Waals surface area contributed by atoms with Gasteiger partial charge in [0.2, 0.25) is 0 Å². The molecule has 1 fully saturated rings. The lowest BCUT2D eigenvalue weighted by Crippen LogP contribution is -2.15. The summed E-state index contributed by atoms with van der Waals surface area (Å²) in [5.74, 6) is 0. The molecule has 0 radical (unpaired) electrons. The standard InChI is InChI=1S/C7H7BrClN2OP/c8-6-7(9)11(5(12)3-10-6)13-4-1-2-4/h3-4,13H,1-2H2. The maximum atomic E-state index is 11.4. The summed E-state index contributed by atoms with van der Waals surface area (Å²) in [7, 11) is 0.468. The Balaban J connectivity index is 2.40. The summed E-state index contributed by atoms with van der Waals surface area (Å²) in [5.41, 5.74) is 0.544. The van der Waals surface area contributed by atoms with Crippen molar-refractivity contribution in [3.63, 3.8) is 0 Å². The third-order valence-corrected chi connectivity index (χ3v) is 4.71. The highest BCUT2D eigenvalue weighted by Gasteiger charge is 2.23. The zero-order valence-corrected chi connectivity index (χ0v) is 9.97. The fourth-order valence-electron chi connectivity index (χ4n) is 0.927. The van der Waals surface area contributed by atoms with Gasteiger partial charge < -0.3 is 0 Å². The first-order valence-electron chi connectivity index (χ1n) is 3.88. The molecule has 3 nitrogen and oxygen atoms in total. The SMILES string of the molecule is O=c1cnc(Br)c(Cl)n1PC1CC1. The van der Waals surface area contributed by atoms with Gasteiger partial charge in [0, 0.05) is 0 Å². The largest absolute Gasteiger partial charge is 0.276 e. The summed E-state index contributed by atoms with van der Waals surface area (Å²) in [6.07, 6.45) is 3.72. The summed E-state index contributed by atoms with van der Waals surface area (Å²) in [5, 5.41) is 0.415. The first-order chi connectivity index (χ1) is 6.18. The lowest BCUT2D eigenvalue weighted by atomic mass is 10.7. The van der Waals surface area contributed by atoms with Crippen molar-refractivity contribution in [3.8, 4) is 0 Å². The van der Waals surface area contributed by atoms with Crippen molar-refractivity contribution < 1.29 is 0 Å². The van der Waals surface area contributed by atoms with Gasteiger partial charge in [-0.05, 0) is 43.2 Å². The first-order valence-corrected chi connectivity index (χ1v) is 6.07. The Kier molecular flexibility index (Phi) is 2.72. The predicted octanol–water partition coefficient (Wildman–Crippen LogP) is 2.26. The average Bonchev–Trinajstić information content (AvgIpc) is 2.89. The fourth-order valence-corrected chi connectivity index (χ4v) is 2.84. The van der Waals surface area contributed by atoms with Crippen LogP contribution in [-0.4, -0.2) is 15.0 Å². The second kappa shape index (κ2) is 3.68. The van der Waals surface area contributed by atoms with Crippen LogP contribution in [0.3, 0.4) is 0 Å². The highest BCUT2D eigenvalue weighted by molar-refractivity contribution is 9.10. The van der Waals surface area contributed by atoms with Crippen LogP contribution in [0.15, 0.2) is 15.6 Å². The minimum atomic E-state index is -0.113. The molecule has 1 heterocycles. The molecule has 0 spiro atoms. The van der Waals surface area contributed by atoms with E-state index in [1.807, 2.05) is 0 Å². The second-order valence-electron chi connectivity index (χ2n) is 2.92. The Hall–Kier alpha value is 0.0800. The molecule has 1 unspecified atom stereocenters. The van der Waals surface area contributed by atoms with Crippen LogP contribution in [0.1, 0.15) is 12.8 Å². The first kappa shape index (κ1) is 9.63. The van der Waals surface area contributed by atoms with Crippen molar-refractivity contribution in [1.29, 1.82) is 0 Å². The van der Waals surface area contributed by atoms with Gasteiger partial charge in [0.1, 0.15) is 9.76 Å². The fraction of sp³-hybridized carbons (Fsp3) is 0.429. The summed E-state index contributed by atoms with van der Waals surface area (Å²) < 4.78 is 2.14. The van der Waals surface area contributed by atoms with Gasteiger partial charge in [0.25, 0.3) is 5.56 Å². The van der Waals surface area contributed by atoms with Gasteiger partial charge >= 0.3 is 0 Å². The number of aromatic nitrogens is 2. The zero-order valence-electron chi connectivity index (χ0n) is 6.63. The summed E-state index contributed by atoms with van der Waals surface area (Å²) in [4.78, 5) is 15.2. The predicted molar refractivity (Wildman–Crippen MR) is 57.9 cm³/mol. The molecule has 0 amide bonds. The molecule has 13 heavy (non-hydrogen) atoms. The quantitative estimate of drug-likeness (QED) is 0.779. The molecule has 2 rings (SSSR count). The van der Waals surface area contributed by atoms with Crippen molar-refractivity contribution in [3.05, 3.63) is 26.3 Å². The van der Waals surface area contributed by atoms with E-state index in [4.69, 9.17) is 11.6 Å². The minimum Gasteiger partial charge on any atom is -0.276 e. The number of rotatable bonds is 2. The molecule has 1 aromatic heterocycles. The molecule has 1 aliphatic carbocycles. The molecule has 0 bridgehead atoms. The van der Waals surface area contributed by atoms with Gasteiger partial charge in [-0.2, -0.15) is 0 Å². The molecular formula is C7H7BrClN2OP. The van der Waals surface area contributed by atoms with Gasteiger partial charge in [-0.25, -0.2) is 4.98 Å². The van der Waals surface area contributed by atoms with Crippen LogP contribution in [0.25, 0.3) is 0 Å². The monoisotopic (exact) mass is 280 g/mol. The van der Waals surface area contributed by atoms with E-state index in [-0.39, 0.29) is 5.56 Å². The average molecular weight is 281 g/mol. The molecule has 0 saturated heterocycles. The van der Waals surface area contributed by atoms with Crippen molar-refractivity contribution in [2.45, 2.75) is 18.5 Å². The smallest absolute Gasteiger partial charge is 0.273 e. The molecule has 0 aliphatic heterocycles.